The van der Waals surface area contributed by atoms with E-state index < -0.39 is 17.7 Å². The fraction of sp³-hybridized carbons (Fsp3) is 0.217. The monoisotopic (exact) mass is 469 g/mol. The Morgan fingerprint density at radius 2 is 1.91 bits per heavy atom. The highest BCUT2D eigenvalue weighted by molar-refractivity contribution is 5.98. The number of nitrogens with zero attached hydrogens (tertiary/aromatic N) is 4. The summed E-state index contributed by atoms with van der Waals surface area (Å²) in [6, 6.07) is 6.88. The summed E-state index contributed by atoms with van der Waals surface area (Å²) in [7, 11) is 0. The Labute approximate surface area is 192 Å². The van der Waals surface area contributed by atoms with Gasteiger partial charge in [-0.25, -0.2) is 18.6 Å². The minimum absolute atomic E-state index is 0.0658. The first-order chi connectivity index (χ1) is 16.3. The van der Waals surface area contributed by atoms with E-state index in [0.29, 0.717) is 29.1 Å². The van der Waals surface area contributed by atoms with Gasteiger partial charge in [-0.2, -0.15) is 5.10 Å². The summed E-state index contributed by atoms with van der Waals surface area (Å²) in [4.78, 5) is 28.2. The number of fused-ring (bicyclic) bond motifs is 1. The van der Waals surface area contributed by atoms with E-state index in [1.54, 1.807) is 46.7 Å². The first-order valence-corrected chi connectivity index (χ1v) is 10.3. The largest absolute Gasteiger partial charge is 0.485 e. The van der Waals surface area contributed by atoms with Gasteiger partial charge in [0.2, 0.25) is 0 Å². The number of aromatic nitrogens is 4. The topological polar surface area (TPSA) is 114 Å². The SMILES string of the molecule is Cc1nc2c(OCc3c(F)cccc3F)cccn2c1C(=O)Cc1cnn(CCOC(N)=O)c1. The molecule has 0 unspecified atom stereocenters. The number of ketones is 1. The maximum atomic E-state index is 13.9. The van der Waals surface area contributed by atoms with E-state index in [-0.39, 0.29) is 36.7 Å². The smallest absolute Gasteiger partial charge is 0.404 e. The highest BCUT2D eigenvalue weighted by Gasteiger charge is 2.20. The molecule has 0 saturated carbocycles. The maximum absolute atomic E-state index is 13.9. The molecule has 0 aliphatic heterocycles. The fourth-order valence-corrected chi connectivity index (χ4v) is 3.55. The van der Waals surface area contributed by atoms with Gasteiger partial charge in [0, 0.05) is 18.8 Å². The Hall–Kier alpha value is -4.28. The van der Waals surface area contributed by atoms with E-state index in [1.165, 1.54) is 6.07 Å². The molecule has 11 heteroatoms. The van der Waals surface area contributed by atoms with Gasteiger partial charge < -0.3 is 15.2 Å². The number of hydrogen-bond donors (Lipinski definition) is 1. The molecule has 4 aromatic rings. The quantitative estimate of drug-likeness (QED) is 0.377. The van der Waals surface area contributed by atoms with Crippen molar-refractivity contribution in [1.29, 1.82) is 0 Å². The summed E-state index contributed by atoms with van der Waals surface area (Å²) >= 11 is 0. The highest BCUT2D eigenvalue weighted by atomic mass is 19.1. The summed E-state index contributed by atoms with van der Waals surface area (Å²) in [6.45, 7) is 1.74. The molecule has 9 nitrogen and oxygen atoms in total. The van der Waals surface area contributed by atoms with E-state index in [0.717, 1.165) is 12.1 Å². The predicted molar refractivity (Wildman–Crippen MR) is 116 cm³/mol. The molecular formula is C23H21F2N5O4. The third-order valence-corrected chi connectivity index (χ3v) is 5.10. The molecule has 34 heavy (non-hydrogen) atoms. The van der Waals surface area contributed by atoms with Crippen LogP contribution in [0.1, 0.15) is 27.3 Å². The summed E-state index contributed by atoms with van der Waals surface area (Å²) in [5.41, 5.74) is 6.61. The zero-order chi connectivity index (χ0) is 24.2. The molecule has 0 saturated heterocycles. The van der Waals surface area contributed by atoms with Gasteiger partial charge in [0.1, 0.15) is 30.5 Å². The minimum atomic E-state index is -0.868. The third kappa shape index (κ3) is 4.87. The van der Waals surface area contributed by atoms with Crippen LogP contribution in [0.2, 0.25) is 0 Å². The molecule has 176 valence electrons. The summed E-state index contributed by atoms with van der Waals surface area (Å²) in [6.07, 6.45) is 4.10. The molecule has 0 aliphatic carbocycles. The maximum Gasteiger partial charge on any atom is 0.404 e. The number of rotatable bonds is 9. The Morgan fingerprint density at radius 1 is 1.15 bits per heavy atom. The van der Waals surface area contributed by atoms with Gasteiger partial charge in [-0.05, 0) is 36.8 Å². The number of hydrogen-bond acceptors (Lipinski definition) is 6. The van der Waals surface area contributed by atoms with Crippen molar-refractivity contribution in [2.45, 2.75) is 26.5 Å². The molecule has 0 radical (unpaired) electrons. The Balaban J connectivity index is 1.51. The normalized spacial score (nSPS) is 11.0. The zero-order valence-corrected chi connectivity index (χ0v) is 18.2. The lowest BCUT2D eigenvalue weighted by Gasteiger charge is -2.09. The van der Waals surface area contributed by atoms with Crippen molar-refractivity contribution < 1.29 is 27.8 Å². The molecule has 3 aromatic heterocycles. The van der Waals surface area contributed by atoms with Crippen LogP contribution in [0.5, 0.6) is 5.75 Å². The lowest BCUT2D eigenvalue weighted by Crippen LogP contribution is -2.16. The van der Waals surface area contributed by atoms with Gasteiger partial charge >= 0.3 is 6.09 Å². The van der Waals surface area contributed by atoms with E-state index >= 15 is 0 Å². The van der Waals surface area contributed by atoms with Crippen LogP contribution in [-0.4, -0.2) is 37.6 Å². The molecule has 0 spiro atoms. The second kappa shape index (κ2) is 9.69. The predicted octanol–water partition coefficient (Wildman–Crippen LogP) is 3.22. The average molecular weight is 469 g/mol. The van der Waals surface area contributed by atoms with Crippen molar-refractivity contribution in [2.24, 2.45) is 5.73 Å². The van der Waals surface area contributed by atoms with Crippen LogP contribution in [0.3, 0.4) is 0 Å². The van der Waals surface area contributed by atoms with E-state index in [1.807, 2.05) is 0 Å². The number of carbonyl (C=O) groups is 2. The summed E-state index contributed by atoms with van der Waals surface area (Å²) in [5.74, 6) is -1.32. The number of ether oxygens (including phenoxy) is 2. The lowest BCUT2D eigenvalue weighted by molar-refractivity contribution is 0.0986. The Morgan fingerprint density at radius 3 is 2.65 bits per heavy atom. The van der Waals surface area contributed by atoms with Gasteiger partial charge in [-0.15, -0.1) is 0 Å². The minimum Gasteiger partial charge on any atom is -0.485 e. The molecule has 4 rings (SSSR count). The molecule has 2 N–H and O–H groups in total. The molecule has 0 bridgehead atoms. The van der Waals surface area contributed by atoms with Crippen LogP contribution in [-0.2, 0) is 24.3 Å². The second-order valence-electron chi connectivity index (χ2n) is 7.48. The van der Waals surface area contributed by atoms with Crippen molar-refractivity contribution >= 4 is 17.5 Å². The van der Waals surface area contributed by atoms with Gasteiger partial charge in [0.05, 0.1) is 24.0 Å². The fourth-order valence-electron chi connectivity index (χ4n) is 3.55. The van der Waals surface area contributed by atoms with E-state index in [2.05, 4.69) is 14.8 Å². The number of amides is 1. The molecule has 1 aromatic carbocycles. The zero-order valence-electron chi connectivity index (χ0n) is 18.2. The first kappa shape index (κ1) is 22.9. The molecule has 0 aliphatic rings. The van der Waals surface area contributed by atoms with Gasteiger partial charge in [0.15, 0.2) is 17.2 Å². The standard InChI is InChI=1S/C23H21F2N5O4/c1-14-21(19(31)10-15-11-27-29(12-15)8-9-33-23(26)32)30-7-3-6-20(22(30)28-14)34-13-16-17(24)4-2-5-18(16)25/h2-7,11-12H,8-10,13H2,1H3,(H2,26,32). The van der Waals surface area contributed by atoms with Gasteiger partial charge in [-0.1, -0.05) is 6.07 Å². The van der Waals surface area contributed by atoms with Crippen molar-refractivity contribution in [1.82, 2.24) is 19.2 Å². The number of halogens is 2. The molecule has 3 heterocycles. The number of Topliss-reactive ketones (excluding diaryl/α,β-unsaturated/α-hetero) is 1. The van der Waals surface area contributed by atoms with Gasteiger partial charge in [-0.3, -0.25) is 13.9 Å². The number of benzene rings is 1. The molecular weight excluding hydrogens is 448 g/mol. The lowest BCUT2D eigenvalue weighted by atomic mass is 10.1. The van der Waals surface area contributed by atoms with Crippen LogP contribution < -0.4 is 10.5 Å². The first-order valence-electron chi connectivity index (χ1n) is 10.3. The molecule has 1 amide bonds. The Kier molecular flexibility index (Phi) is 6.53. The molecule has 0 fully saturated rings. The number of aryl methyl sites for hydroxylation is 1. The van der Waals surface area contributed by atoms with Gasteiger partial charge in [0.25, 0.3) is 0 Å². The van der Waals surface area contributed by atoms with Crippen molar-refractivity contribution in [3.63, 3.8) is 0 Å². The van der Waals surface area contributed by atoms with Crippen LogP contribution in [0.25, 0.3) is 5.65 Å². The Bertz CT molecular complexity index is 1340. The number of imidazole rings is 1. The highest BCUT2D eigenvalue weighted by Crippen LogP contribution is 2.25. The number of nitrogens with two attached hydrogens (primary N) is 1. The van der Waals surface area contributed by atoms with Crippen LogP contribution in [0.4, 0.5) is 13.6 Å². The van der Waals surface area contributed by atoms with Crippen molar-refractivity contribution in [3.05, 3.63) is 83.1 Å². The van der Waals surface area contributed by atoms with Crippen LogP contribution >= 0.6 is 0 Å². The average Bonchev–Trinajstić information content (AvgIpc) is 3.36. The van der Waals surface area contributed by atoms with Crippen LogP contribution in [0.15, 0.2) is 48.9 Å². The number of pyridine rings is 1. The number of primary amides is 1. The second-order valence-corrected chi connectivity index (χ2v) is 7.48. The van der Waals surface area contributed by atoms with Crippen molar-refractivity contribution in [2.75, 3.05) is 6.61 Å². The summed E-state index contributed by atoms with van der Waals surface area (Å²) < 4.78 is 41.3. The van der Waals surface area contributed by atoms with E-state index in [9.17, 15) is 18.4 Å². The van der Waals surface area contributed by atoms with Crippen molar-refractivity contribution in [3.8, 4) is 5.75 Å². The summed E-state index contributed by atoms with van der Waals surface area (Å²) in [5, 5.41) is 4.14. The molecule has 0 atom stereocenters. The van der Waals surface area contributed by atoms with E-state index in [4.69, 9.17) is 10.5 Å². The number of carbonyl (C=O) groups excluding carboxylic acids is 2. The third-order valence-electron chi connectivity index (χ3n) is 5.10. The van der Waals surface area contributed by atoms with Crippen LogP contribution in [0, 0.1) is 18.6 Å².